The first kappa shape index (κ1) is 27.8. The molecule has 4 heteroatoms. The third-order valence-corrected chi connectivity index (χ3v) is 10.7. The minimum Gasteiger partial charge on any atom is -0.310 e. The van der Waals surface area contributed by atoms with Gasteiger partial charge in [-0.05, 0) is 83.9 Å². The standard InChI is InChI=1S/C45H29N3S/c1-3-10-30(11-4-1)31-17-19-34(20-18-31)47(36-22-24-39-40-29-41-32(12-9-25-46-41)26-44(40)49-45(39)28-36)35-21-23-38-37-15-7-8-16-42(37)48(43(38)27-35)33-13-5-2-6-14-33/h1-29H. The third-order valence-electron chi connectivity index (χ3n) is 9.60. The molecule has 0 amide bonds. The highest BCUT2D eigenvalue weighted by Gasteiger charge is 2.19. The largest absolute Gasteiger partial charge is 0.310 e. The zero-order chi connectivity index (χ0) is 32.3. The summed E-state index contributed by atoms with van der Waals surface area (Å²) in [5.41, 5.74) is 10.3. The molecule has 0 N–H and O–H groups in total. The fraction of sp³-hybridized carbons (Fsp3) is 0. The lowest BCUT2D eigenvalue weighted by Gasteiger charge is -2.26. The first-order valence-corrected chi connectivity index (χ1v) is 17.4. The Morgan fingerprint density at radius 2 is 1.10 bits per heavy atom. The van der Waals surface area contributed by atoms with Gasteiger partial charge in [-0.2, -0.15) is 0 Å². The Hall–Kier alpha value is -6.23. The van der Waals surface area contributed by atoms with Gasteiger partial charge in [0.15, 0.2) is 0 Å². The number of nitrogens with zero attached hydrogens (tertiary/aromatic N) is 3. The molecule has 7 aromatic carbocycles. The van der Waals surface area contributed by atoms with Crippen LogP contribution in [0.3, 0.4) is 0 Å². The average Bonchev–Trinajstić information content (AvgIpc) is 3.69. The highest BCUT2D eigenvalue weighted by atomic mass is 32.1. The molecule has 230 valence electrons. The summed E-state index contributed by atoms with van der Waals surface area (Å²) in [5.74, 6) is 0. The predicted octanol–water partition coefficient (Wildman–Crippen LogP) is 12.8. The van der Waals surface area contributed by atoms with Crippen LogP contribution in [0.15, 0.2) is 176 Å². The lowest BCUT2D eigenvalue weighted by molar-refractivity contribution is 1.18. The molecule has 0 atom stereocenters. The van der Waals surface area contributed by atoms with Crippen LogP contribution in [0.25, 0.3) is 69.7 Å². The highest BCUT2D eigenvalue weighted by molar-refractivity contribution is 7.25. The van der Waals surface area contributed by atoms with Crippen molar-refractivity contribution in [3.8, 4) is 16.8 Å². The lowest BCUT2D eigenvalue weighted by Crippen LogP contribution is -2.10. The molecule has 0 radical (unpaired) electrons. The van der Waals surface area contributed by atoms with Gasteiger partial charge in [-0.3, -0.25) is 4.98 Å². The van der Waals surface area contributed by atoms with Gasteiger partial charge in [0.2, 0.25) is 0 Å². The summed E-state index contributed by atoms with van der Waals surface area (Å²) in [6.07, 6.45) is 1.87. The smallest absolute Gasteiger partial charge is 0.0709 e. The van der Waals surface area contributed by atoms with Crippen LogP contribution in [0.4, 0.5) is 17.1 Å². The van der Waals surface area contributed by atoms with Crippen molar-refractivity contribution in [1.29, 1.82) is 0 Å². The molecule has 0 spiro atoms. The highest BCUT2D eigenvalue weighted by Crippen LogP contribution is 2.43. The van der Waals surface area contributed by atoms with E-state index in [-0.39, 0.29) is 0 Å². The Morgan fingerprint density at radius 3 is 1.94 bits per heavy atom. The van der Waals surface area contributed by atoms with Crippen molar-refractivity contribution in [3.05, 3.63) is 176 Å². The van der Waals surface area contributed by atoms with E-state index in [9.17, 15) is 0 Å². The first-order valence-electron chi connectivity index (χ1n) is 16.5. The second-order valence-corrected chi connectivity index (χ2v) is 13.5. The topological polar surface area (TPSA) is 21.1 Å². The quantitative estimate of drug-likeness (QED) is 0.186. The number of rotatable bonds is 5. The number of para-hydroxylation sites is 2. The van der Waals surface area contributed by atoms with Crippen molar-refractivity contribution in [2.75, 3.05) is 4.90 Å². The van der Waals surface area contributed by atoms with E-state index in [1.807, 2.05) is 23.6 Å². The van der Waals surface area contributed by atoms with E-state index in [1.54, 1.807) is 0 Å². The molecule has 0 aliphatic carbocycles. The molecule has 0 bridgehead atoms. The van der Waals surface area contributed by atoms with Crippen LogP contribution in [0.2, 0.25) is 0 Å². The average molecular weight is 644 g/mol. The first-order chi connectivity index (χ1) is 24.3. The summed E-state index contributed by atoms with van der Waals surface area (Å²) < 4.78 is 4.92. The number of hydrogen-bond donors (Lipinski definition) is 0. The molecule has 10 rings (SSSR count). The van der Waals surface area contributed by atoms with Crippen LogP contribution in [-0.4, -0.2) is 9.55 Å². The summed E-state index contributed by atoms with van der Waals surface area (Å²) in [7, 11) is 0. The summed E-state index contributed by atoms with van der Waals surface area (Å²) in [4.78, 5) is 7.03. The number of anilines is 3. The fourth-order valence-corrected chi connectivity index (χ4v) is 8.47. The lowest BCUT2D eigenvalue weighted by atomic mass is 10.0. The second-order valence-electron chi connectivity index (χ2n) is 12.5. The van der Waals surface area contributed by atoms with Gasteiger partial charge >= 0.3 is 0 Å². The summed E-state index contributed by atoms with van der Waals surface area (Å²) >= 11 is 1.84. The molecule has 3 nitrogen and oxygen atoms in total. The van der Waals surface area contributed by atoms with E-state index in [2.05, 4.69) is 178 Å². The van der Waals surface area contributed by atoms with Gasteiger partial charge in [0.1, 0.15) is 0 Å². The number of thiophene rings is 1. The van der Waals surface area contributed by atoms with Crippen LogP contribution in [0, 0.1) is 0 Å². The molecule has 0 fully saturated rings. The van der Waals surface area contributed by atoms with E-state index >= 15 is 0 Å². The molecule has 0 saturated carbocycles. The Labute approximate surface area is 287 Å². The predicted molar refractivity (Wildman–Crippen MR) is 209 cm³/mol. The molecular formula is C45H29N3S. The molecule has 0 aliphatic heterocycles. The number of aromatic nitrogens is 2. The van der Waals surface area contributed by atoms with Crippen molar-refractivity contribution in [1.82, 2.24) is 9.55 Å². The van der Waals surface area contributed by atoms with E-state index in [0.717, 1.165) is 28.3 Å². The zero-order valence-electron chi connectivity index (χ0n) is 26.5. The molecular weight excluding hydrogens is 615 g/mol. The molecule has 10 aromatic rings. The van der Waals surface area contributed by atoms with Gasteiger partial charge in [0.05, 0.1) is 16.6 Å². The van der Waals surface area contributed by atoms with Crippen molar-refractivity contribution < 1.29 is 0 Å². The molecule has 0 saturated heterocycles. The molecule has 49 heavy (non-hydrogen) atoms. The van der Waals surface area contributed by atoms with Crippen molar-refractivity contribution in [3.63, 3.8) is 0 Å². The minimum atomic E-state index is 1.03. The van der Waals surface area contributed by atoms with E-state index in [1.165, 1.54) is 58.5 Å². The van der Waals surface area contributed by atoms with Gasteiger partial charge in [0, 0.05) is 65.3 Å². The van der Waals surface area contributed by atoms with Crippen molar-refractivity contribution >= 4 is 81.3 Å². The van der Waals surface area contributed by atoms with Crippen LogP contribution in [-0.2, 0) is 0 Å². The van der Waals surface area contributed by atoms with Gasteiger partial charge < -0.3 is 9.47 Å². The normalized spacial score (nSPS) is 11.7. The van der Waals surface area contributed by atoms with Crippen LogP contribution in [0.1, 0.15) is 0 Å². The van der Waals surface area contributed by atoms with E-state index in [0.29, 0.717) is 0 Å². The van der Waals surface area contributed by atoms with Crippen molar-refractivity contribution in [2.45, 2.75) is 0 Å². The molecule has 3 aromatic heterocycles. The van der Waals surface area contributed by atoms with Gasteiger partial charge in [-0.15, -0.1) is 11.3 Å². The SMILES string of the molecule is c1ccc(-c2ccc(N(c3ccc4c(c3)sc3cc5cccnc5cc34)c3ccc4c5ccccc5n(-c5ccccc5)c4c3)cc2)cc1. The Kier molecular flexibility index (Phi) is 6.36. The molecule has 0 unspecified atom stereocenters. The van der Waals surface area contributed by atoms with Gasteiger partial charge in [-0.25, -0.2) is 0 Å². The van der Waals surface area contributed by atoms with Gasteiger partial charge in [-0.1, -0.05) is 97.1 Å². The number of pyridine rings is 1. The summed E-state index contributed by atoms with van der Waals surface area (Å²) in [5, 5.41) is 6.17. The van der Waals surface area contributed by atoms with Crippen LogP contribution in [0.5, 0.6) is 0 Å². The minimum absolute atomic E-state index is 1.03. The summed E-state index contributed by atoms with van der Waals surface area (Å²) in [6, 6.07) is 61.4. The van der Waals surface area contributed by atoms with Crippen molar-refractivity contribution in [2.24, 2.45) is 0 Å². The van der Waals surface area contributed by atoms with E-state index < -0.39 is 0 Å². The summed E-state index contributed by atoms with van der Waals surface area (Å²) in [6.45, 7) is 0. The Balaban J connectivity index is 1.19. The monoisotopic (exact) mass is 643 g/mol. The number of fused-ring (bicyclic) bond motifs is 7. The Bertz CT molecular complexity index is 2820. The fourth-order valence-electron chi connectivity index (χ4n) is 7.30. The number of benzene rings is 7. The second kappa shape index (κ2) is 11.2. The Morgan fingerprint density at radius 1 is 0.449 bits per heavy atom. The third kappa shape index (κ3) is 4.61. The van der Waals surface area contributed by atoms with Gasteiger partial charge in [0.25, 0.3) is 0 Å². The van der Waals surface area contributed by atoms with Crippen LogP contribution < -0.4 is 4.90 Å². The zero-order valence-corrected chi connectivity index (χ0v) is 27.3. The maximum Gasteiger partial charge on any atom is 0.0709 e. The number of hydrogen-bond acceptors (Lipinski definition) is 3. The maximum atomic E-state index is 4.64. The maximum absolute atomic E-state index is 4.64. The molecule has 0 aliphatic rings. The van der Waals surface area contributed by atoms with E-state index in [4.69, 9.17) is 0 Å². The van der Waals surface area contributed by atoms with Crippen LogP contribution >= 0.6 is 11.3 Å². The molecule has 3 heterocycles.